The SMILES string of the molecule is Cc1ccc(OCCn2c(CCNC(=O)COc3ccccc3)nc3ccccc32)c(C)c1. The molecule has 6 heteroatoms. The third-order valence-corrected chi connectivity index (χ3v) is 5.42. The monoisotopic (exact) mass is 443 g/mol. The number of aromatic nitrogens is 2. The van der Waals surface area contributed by atoms with Gasteiger partial charge in [-0.25, -0.2) is 4.98 Å². The van der Waals surface area contributed by atoms with Crippen molar-refractivity contribution < 1.29 is 14.3 Å². The summed E-state index contributed by atoms with van der Waals surface area (Å²) in [6, 6.07) is 23.6. The number of imidazole rings is 1. The number of hydrogen-bond acceptors (Lipinski definition) is 4. The number of benzene rings is 3. The number of aryl methyl sites for hydroxylation is 2. The van der Waals surface area contributed by atoms with Gasteiger partial charge in [0.05, 0.1) is 17.6 Å². The molecule has 170 valence electrons. The molecule has 0 aliphatic rings. The van der Waals surface area contributed by atoms with E-state index < -0.39 is 0 Å². The van der Waals surface area contributed by atoms with Crippen molar-refractivity contribution in [3.63, 3.8) is 0 Å². The Morgan fingerprint density at radius 3 is 2.58 bits per heavy atom. The Labute approximate surface area is 194 Å². The highest BCUT2D eigenvalue weighted by molar-refractivity contribution is 5.77. The van der Waals surface area contributed by atoms with Crippen LogP contribution < -0.4 is 14.8 Å². The van der Waals surface area contributed by atoms with E-state index in [4.69, 9.17) is 14.5 Å². The van der Waals surface area contributed by atoms with Gasteiger partial charge < -0.3 is 19.4 Å². The quantitative estimate of drug-likeness (QED) is 0.393. The van der Waals surface area contributed by atoms with Gasteiger partial charge in [0.2, 0.25) is 0 Å². The highest BCUT2D eigenvalue weighted by atomic mass is 16.5. The normalized spacial score (nSPS) is 10.8. The molecule has 4 rings (SSSR count). The summed E-state index contributed by atoms with van der Waals surface area (Å²) >= 11 is 0. The maximum atomic E-state index is 12.2. The first-order valence-electron chi connectivity index (χ1n) is 11.2. The van der Waals surface area contributed by atoms with E-state index in [1.165, 1.54) is 5.56 Å². The molecule has 6 nitrogen and oxygen atoms in total. The molecule has 0 aliphatic heterocycles. The number of rotatable bonds is 10. The maximum absolute atomic E-state index is 12.2. The lowest BCUT2D eigenvalue weighted by atomic mass is 10.1. The second-order valence-corrected chi connectivity index (χ2v) is 7.99. The summed E-state index contributed by atoms with van der Waals surface area (Å²) in [5.74, 6) is 2.35. The molecule has 4 aromatic rings. The van der Waals surface area contributed by atoms with Crippen molar-refractivity contribution in [3.8, 4) is 11.5 Å². The molecule has 0 radical (unpaired) electrons. The van der Waals surface area contributed by atoms with Crippen molar-refractivity contribution in [1.29, 1.82) is 0 Å². The van der Waals surface area contributed by atoms with Gasteiger partial charge in [-0.3, -0.25) is 4.79 Å². The van der Waals surface area contributed by atoms with Gasteiger partial charge in [0.25, 0.3) is 5.91 Å². The highest BCUT2D eigenvalue weighted by Gasteiger charge is 2.12. The number of carbonyl (C=O) groups excluding carboxylic acids is 1. The molecule has 0 saturated heterocycles. The zero-order valence-corrected chi connectivity index (χ0v) is 19.1. The lowest BCUT2D eigenvalue weighted by Gasteiger charge is -2.13. The summed E-state index contributed by atoms with van der Waals surface area (Å²) < 4.78 is 13.7. The second kappa shape index (κ2) is 10.7. The third kappa shape index (κ3) is 5.92. The molecule has 0 saturated carbocycles. The van der Waals surface area contributed by atoms with E-state index in [2.05, 4.69) is 41.9 Å². The van der Waals surface area contributed by atoms with E-state index in [1.54, 1.807) is 0 Å². The van der Waals surface area contributed by atoms with Crippen LogP contribution >= 0.6 is 0 Å². The average Bonchev–Trinajstić information content (AvgIpc) is 3.17. The predicted octanol–water partition coefficient (Wildman–Crippen LogP) is 4.47. The molecule has 1 aromatic heterocycles. The molecule has 0 fully saturated rings. The fourth-order valence-electron chi connectivity index (χ4n) is 3.80. The molecular formula is C27H29N3O3. The summed E-state index contributed by atoms with van der Waals surface area (Å²) in [7, 11) is 0. The van der Waals surface area contributed by atoms with Crippen molar-refractivity contribution in [3.05, 3.63) is 89.7 Å². The average molecular weight is 444 g/mol. The molecule has 1 amide bonds. The fourth-order valence-corrected chi connectivity index (χ4v) is 3.80. The summed E-state index contributed by atoms with van der Waals surface area (Å²) in [6.07, 6.45) is 0.620. The van der Waals surface area contributed by atoms with Crippen molar-refractivity contribution in [2.75, 3.05) is 19.8 Å². The van der Waals surface area contributed by atoms with Gasteiger partial charge >= 0.3 is 0 Å². The topological polar surface area (TPSA) is 65.4 Å². The van der Waals surface area contributed by atoms with Gasteiger partial charge in [0, 0.05) is 13.0 Å². The van der Waals surface area contributed by atoms with Gasteiger partial charge in [-0.05, 0) is 49.7 Å². The lowest BCUT2D eigenvalue weighted by Crippen LogP contribution is -2.31. The number of nitrogens with one attached hydrogen (secondary N) is 1. The number of ether oxygens (including phenoxy) is 2. The number of fused-ring (bicyclic) bond motifs is 1. The van der Waals surface area contributed by atoms with Crippen LogP contribution in [0, 0.1) is 13.8 Å². The standard InChI is InChI=1S/C27H29N3O3/c1-20-12-13-25(21(2)18-20)32-17-16-30-24-11-7-6-10-23(24)29-26(30)14-15-28-27(31)19-33-22-8-4-3-5-9-22/h3-13,18H,14-17,19H2,1-2H3,(H,28,31). The minimum atomic E-state index is -0.153. The molecule has 0 atom stereocenters. The van der Waals surface area contributed by atoms with Crippen LogP contribution in [0.5, 0.6) is 11.5 Å². The number of amides is 1. The van der Waals surface area contributed by atoms with E-state index >= 15 is 0 Å². The highest BCUT2D eigenvalue weighted by Crippen LogP contribution is 2.20. The zero-order chi connectivity index (χ0) is 23.0. The molecule has 1 N–H and O–H groups in total. The van der Waals surface area contributed by atoms with E-state index in [1.807, 2.05) is 54.6 Å². The summed E-state index contributed by atoms with van der Waals surface area (Å²) in [4.78, 5) is 16.9. The molecule has 0 unspecified atom stereocenters. The third-order valence-electron chi connectivity index (χ3n) is 5.42. The van der Waals surface area contributed by atoms with Crippen LogP contribution in [0.2, 0.25) is 0 Å². The van der Waals surface area contributed by atoms with Crippen LogP contribution in [-0.4, -0.2) is 35.2 Å². The number of hydrogen-bond donors (Lipinski definition) is 1. The van der Waals surface area contributed by atoms with Crippen molar-refractivity contribution in [1.82, 2.24) is 14.9 Å². The van der Waals surface area contributed by atoms with Crippen molar-refractivity contribution in [2.24, 2.45) is 0 Å². The summed E-state index contributed by atoms with van der Waals surface area (Å²) in [5.41, 5.74) is 4.36. The first-order chi connectivity index (χ1) is 16.1. The molecule has 0 aliphatic carbocycles. The Morgan fingerprint density at radius 1 is 0.970 bits per heavy atom. The Hall–Kier alpha value is -3.80. The molecule has 3 aromatic carbocycles. The smallest absolute Gasteiger partial charge is 0.257 e. The number of carbonyl (C=O) groups is 1. The van der Waals surface area contributed by atoms with Crippen molar-refractivity contribution in [2.45, 2.75) is 26.8 Å². The lowest BCUT2D eigenvalue weighted by molar-refractivity contribution is -0.123. The fraction of sp³-hybridized carbons (Fsp3) is 0.259. The van der Waals surface area contributed by atoms with E-state index in [-0.39, 0.29) is 12.5 Å². The van der Waals surface area contributed by atoms with Crippen LogP contribution in [-0.2, 0) is 17.8 Å². The van der Waals surface area contributed by atoms with Crippen molar-refractivity contribution >= 4 is 16.9 Å². The van der Waals surface area contributed by atoms with Crippen LogP contribution in [0.4, 0.5) is 0 Å². The van der Waals surface area contributed by atoms with Gasteiger partial charge in [0.1, 0.15) is 23.9 Å². The summed E-state index contributed by atoms with van der Waals surface area (Å²) in [5, 5.41) is 2.92. The van der Waals surface area contributed by atoms with Crippen LogP contribution in [0.15, 0.2) is 72.8 Å². The minimum absolute atomic E-state index is 0.00975. The Bertz CT molecular complexity index is 1220. The van der Waals surface area contributed by atoms with Gasteiger partial charge in [-0.1, -0.05) is 48.0 Å². The van der Waals surface area contributed by atoms with E-state index in [0.717, 1.165) is 28.2 Å². The van der Waals surface area contributed by atoms with E-state index in [9.17, 15) is 4.79 Å². The maximum Gasteiger partial charge on any atom is 0.257 e. The molecule has 33 heavy (non-hydrogen) atoms. The predicted molar refractivity (Wildman–Crippen MR) is 130 cm³/mol. The first-order valence-corrected chi connectivity index (χ1v) is 11.2. The Balaban J connectivity index is 1.35. The molecule has 1 heterocycles. The number of para-hydroxylation sites is 3. The van der Waals surface area contributed by atoms with Crippen LogP contribution in [0.3, 0.4) is 0 Å². The molecule has 0 bridgehead atoms. The molecular weight excluding hydrogens is 414 g/mol. The van der Waals surface area contributed by atoms with Gasteiger partial charge in [-0.15, -0.1) is 0 Å². The number of nitrogens with zero attached hydrogens (tertiary/aromatic N) is 2. The first kappa shape index (κ1) is 22.4. The van der Waals surface area contributed by atoms with Gasteiger partial charge in [-0.2, -0.15) is 0 Å². The van der Waals surface area contributed by atoms with E-state index in [0.29, 0.717) is 31.9 Å². The van der Waals surface area contributed by atoms with Crippen LogP contribution in [0.25, 0.3) is 11.0 Å². The molecule has 0 spiro atoms. The Morgan fingerprint density at radius 2 is 1.76 bits per heavy atom. The zero-order valence-electron chi connectivity index (χ0n) is 19.1. The van der Waals surface area contributed by atoms with Crippen LogP contribution in [0.1, 0.15) is 17.0 Å². The summed E-state index contributed by atoms with van der Waals surface area (Å²) in [6.45, 7) is 5.82. The minimum Gasteiger partial charge on any atom is -0.491 e. The van der Waals surface area contributed by atoms with Gasteiger partial charge in [0.15, 0.2) is 6.61 Å². The second-order valence-electron chi connectivity index (χ2n) is 7.99. The Kier molecular flexibility index (Phi) is 7.25. The largest absolute Gasteiger partial charge is 0.491 e.